The van der Waals surface area contributed by atoms with Crippen molar-refractivity contribution >= 4 is 45.4 Å². The predicted molar refractivity (Wildman–Crippen MR) is 71.3 cm³/mol. The Kier molecular flexibility index (Phi) is 4.86. The number of hydrogen-bond acceptors (Lipinski definition) is 3. The Morgan fingerprint density at radius 2 is 2.24 bits per heavy atom. The summed E-state index contributed by atoms with van der Waals surface area (Å²) in [5.41, 5.74) is 0.360. The molecule has 0 N–H and O–H groups in total. The van der Waals surface area contributed by atoms with Gasteiger partial charge in [0.05, 0.1) is 41.8 Å². The molecule has 0 fully saturated rings. The summed E-state index contributed by atoms with van der Waals surface area (Å²) in [6.45, 7) is 1.91. The fourth-order valence-corrected chi connectivity index (χ4v) is 1.87. The van der Waals surface area contributed by atoms with Gasteiger partial charge in [0.15, 0.2) is 0 Å². The molecule has 0 spiro atoms. The summed E-state index contributed by atoms with van der Waals surface area (Å²) < 4.78 is 5.50. The molecule has 0 aromatic carbocycles. The van der Waals surface area contributed by atoms with E-state index in [0.717, 1.165) is 0 Å². The fourth-order valence-electron chi connectivity index (χ4n) is 1.39. The third kappa shape index (κ3) is 3.63. The molecule has 1 unspecified atom stereocenters. The second-order valence-corrected chi connectivity index (χ2v) is 4.41. The molecule has 0 aliphatic carbocycles. The Bertz CT molecular complexity index is 409. The van der Waals surface area contributed by atoms with Gasteiger partial charge in [-0.1, -0.05) is 0 Å². The standard InChI is InChI=1S/C10H9B3BrNO2/c1-2-17-9(16)7(10(11,12)13)8-6(14)4-3-5-15-8/h3-5,7H,2H2,1H3. The van der Waals surface area contributed by atoms with Crippen LogP contribution in [0.25, 0.3) is 0 Å². The highest BCUT2D eigenvalue weighted by atomic mass is 79.9. The highest BCUT2D eigenvalue weighted by Gasteiger charge is 2.35. The summed E-state index contributed by atoms with van der Waals surface area (Å²) in [5, 5.41) is -1.73. The third-order valence-corrected chi connectivity index (χ3v) is 2.75. The minimum atomic E-state index is -1.73. The van der Waals surface area contributed by atoms with Crippen molar-refractivity contribution in [2.45, 2.75) is 18.0 Å². The summed E-state index contributed by atoms with van der Waals surface area (Å²) in [6.07, 6.45) is 1.53. The molecule has 0 bridgehead atoms. The quantitative estimate of drug-likeness (QED) is 0.614. The van der Waals surface area contributed by atoms with Gasteiger partial charge in [0, 0.05) is 10.7 Å². The van der Waals surface area contributed by atoms with E-state index in [9.17, 15) is 4.79 Å². The first-order valence-electron chi connectivity index (χ1n) is 5.01. The number of halogens is 1. The van der Waals surface area contributed by atoms with E-state index in [0.29, 0.717) is 10.2 Å². The van der Waals surface area contributed by atoms with E-state index in [1.54, 1.807) is 19.1 Å². The molecule has 6 radical (unpaired) electrons. The molecule has 7 heteroatoms. The lowest BCUT2D eigenvalue weighted by Crippen LogP contribution is -2.32. The van der Waals surface area contributed by atoms with Gasteiger partial charge in [-0.15, -0.1) is 5.11 Å². The van der Waals surface area contributed by atoms with Gasteiger partial charge >= 0.3 is 5.97 Å². The van der Waals surface area contributed by atoms with Crippen LogP contribution in [0.5, 0.6) is 0 Å². The van der Waals surface area contributed by atoms with Gasteiger partial charge in [0.25, 0.3) is 0 Å². The first-order valence-corrected chi connectivity index (χ1v) is 5.81. The number of carbonyl (C=O) groups is 1. The molecule has 0 saturated carbocycles. The topological polar surface area (TPSA) is 39.2 Å². The van der Waals surface area contributed by atoms with Gasteiger partial charge in [-0.3, -0.25) is 9.78 Å². The number of esters is 1. The number of ether oxygens (including phenoxy) is 1. The lowest BCUT2D eigenvalue weighted by molar-refractivity contribution is -0.145. The van der Waals surface area contributed by atoms with Crippen LogP contribution in [0.2, 0.25) is 5.11 Å². The van der Waals surface area contributed by atoms with E-state index in [1.807, 2.05) is 0 Å². The van der Waals surface area contributed by atoms with Crippen LogP contribution in [0.15, 0.2) is 22.8 Å². The van der Waals surface area contributed by atoms with Crippen LogP contribution in [0.3, 0.4) is 0 Å². The van der Waals surface area contributed by atoms with E-state index in [-0.39, 0.29) is 6.61 Å². The second-order valence-electron chi connectivity index (χ2n) is 3.56. The van der Waals surface area contributed by atoms with Crippen LogP contribution in [-0.2, 0) is 9.53 Å². The fraction of sp³-hybridized carbons (Fsp3) is 0.400. The van der Waals surface area contributed by atoms with Gasteiger partial charge in [0.1, 0.15) is 0 Å². The van der Waals surface area contributed by atoms with Crippen molar-refractivity contribution in [3.05, 3.63) is 28.5 Å². The molecule has 1 heterocycles. The van der Waals surface area contributed by atoms with E-state index in [4.69, 9.17) is 28.3 Å². The molecule has 82 valence electrons. The number of pyridine rings is 1. The number of carbonyl (C=O) groups excluding carboxylic acids is 1. The zero-order valence-corrected chi connectivity index (χ0v) is 11.0. The van der Waals surface area contributed by atoms with Crippen LogP contribution < -0.4 is 0 Å². The van der Waals surface area contributed by atoms with Crippen LogP contribution >= 0.6 is 15.9 Å². The van der Waals surface area contributed by atoms with Gasteiger partial charge in [-0.05, 0) is 35.0 Å². The number of nitrogens with zero attached hydrogens (tertiary/aromatic N) is 1. The van der Waals surface area contributed by atoms with E-state index >= 15 is 0 Å². The first kappa shape index (κ1) is 14.4. The van der Waals surface area contributed by atoms with Crippen molar-refractivity contribution in [2.75, 3.05) is 6.61 Å². The average molecular weight is 288 g/mol. The molecular weight excluding hydrogens is 278 g/mol. The normalized spacial score (nSPS) is 13.1. The lowest BCUT2D eigenvalue weighted by Gasteiger charge is -2.30. The number of rotatable bonds is 4. The largest absolute Gasteiger partial charge is 0.466 e. The van der Waals surface area contributed by atoms with E-state index in [2.05, 4.69) is 20.9 Å². The minimum absolute atomic E-state index is 0.218. The second kappa shape index (κ2) is 5.76. The SMILES string of the molecule is [B]C([B])([B])C(C(=O)OCC)c1ncccc1Br. The molecular formula is C10H9B3BrNO2. The lowest BCUT2D eigenvalue weighted by atomic mass is 9.37. The summed E-state index contributed by atoms with van der Waals surface area (Å²) in [6, 6.07) is 3.43. The predicted octanol–water partition coefficient (Wildman–Crippen LogP) is 1.07. The summed E-state index contributed by atoms with van der Waals surface area (Å²) in [5.74, 6) is -1.63. The Balaban J connectivity index is 3.16. The highest BCUT2D eigenvalue weighted by Crippen LogP contribution is 2.36. The summed E-state index contributed by atoms with van der Waals surface area (Å²) >= 11 is 3.27. The van der Waals surface area contributed by atoms with Crippen molar-refractivity contribution in [3.63, 3.8) is 0 Å². The molecule has 3 nitrogen and oxygen atoms in total. The van der Waals surface area contributed by atoms with Gasteiger partial charge in [-0.25, -0.2) is 0 Å². The molecule has 17 heavy (non-hydrogen) atoms. The van der Waals surface area contributed by atoms with Crippen LogP contribution in [0.1, 0.15) is 18.5 Å². The Morgan fingerprint density at radius 1 is 1.59 bits per heavy atom. The number of hydrogen-bond donors (Lipinski definition) is 0. The molecule has 1 rings (SSSR count). The minimum Gasteiger partial charge on any atom is -0.466 e. The van der Waals surface area contributed by atoms with Crippen molar-refractivity contribution in [3.8, 4) is 0 Å². The molecule has 1 aromatic rings. The van der Waals surface area contributed by atoms with Crippen LogP contribution in [-0.4, -0.2) is 41.1 Å². The van der Waals surface area contributed by atoms with Crippen molar-refractivity contribution in [1.82, 2.24) is 4.98 Å². The van der Waals surface area contributed by atoms with E-state index < -0.39 is 17.0 Å². The zero-order valence-electron chi connectivity index (χ0n) is 9.39. The summed E-state index contributed by atoms with van der Waals surface area (Å²) in [7, 11) is 16.8. The molecule has 1 aromatic heterocycles. The molecule has 0 aliphatic rings. The molecule has 1 atom stereocenters. The maximum absolute atomic E-state index is 11.8. The van der Waals surface area contributed by atoms with E-state index in [1.165, 1.54) is 6.20 Å². The van der Waals surface area contributed by atoms with Crippen molar-refractivity contribution in [2.24, 2.45) is 0 Å². The van der Waals surface area contributed by atoms with Crippen molar-refractivity contribution in [1.29, 1.82) is 0 Å². The highest BCUT2D eigenvalue weighted by molar-refractivity contribution is 9.10. The van der Waals surface area contributed by atoms with Crippen LogP contribution in [0.4, 0.5) is 0 Å². The maximum Gasteiger partial charge on any atom is 0.313 e. The average Bonchev–Trinajstić information content (AvgIpc) is 2.19. The van der Waals surface area contributed by atoms with Crippen LogP contribution in [0, 0.1) is 0 Å². The Hall–Kier alpha value is -0.705. The van der Waals surface area contributed by atoms with Crippen molar-refractivity contribution < 1.29 is 9.53 Å². The zero-order chi connectivity index (χ0) is 13.1. The molecule has 0 amide bonds. The first-order chi connectivity index (χ1) is 7.88. The van der Waals surface area contributed by atoms with Gasteiger partial charge in [0.2, 0.25) is 0 Å². The Morgan fingerprint density at radius 3 is 2.71 bits per heavy atom. The maximum atomic E-state index is 11.8. The number of aromatic nitrogens is 1. The monoisotopic (exact) mass is 287 g/mol. The smallest absolute Gasteiger partial charge is 0.313 e. The summed E-state index contributed by atoms with van der Waals surface area (Å²) in [4.78, 5) is 15.9. The van der Waals surface area contributed by atoms with Gasteiger partial charge in [-0.2, -0.15) is 0 Å². The molecule has 0 aliphatic heterocycles. The van der Waals surface area contributed by atoms with Gasteiger partial charge < -0.3 is 4.74 Å². The molecule has 0 saturated heterocycles. The Labute approximate surface area is 113 Å². The third-order valence-electron chi connectivity index (χ3n) is 2.08.